The smallest absolute Gasteiger partial charge is 0.328 e. The van der Waals surface area contributed by atoms with Gasteiger partial charge in [-0.1, -0.05) is 6.92 Å². The standard InChI is InChI=1S/C15H24N2O2S/c1-4-8-17(10-9-16(2)3)12-14-13(7-11-20-14)5-6-15(18)19/h5-7,11H,4,8-10,12H2,1-3H3,(H,18,19). The first kappa shape index (κ1) is 16.9. The van der Waals surface area contributed by atoms with Crippen molar-refractivity contribution in [2.24, 2.45) is 0 Å². The molecule has 0 aliphatic carbocycles. The van der Waals surface area contributed by atoms with E-state index in [1.807, 2.05) is 11.4 Å². The Bertz CT molecular complexity index is 441. The second kappa shape index (κ2) is 8.89. The van der Waals surface area contributed by atoms with E-state index in [4.69, 9.17) is 5.11 Å². The van der Waals surface area contributed by atoms with E-state index in [-0.39, 0.29) is 0 Å². The number of carboxylic acids is 1. The summed E-state index contributed by atoms with van der Waals surface area (Å²) in [6.07, 6.45) is 4.01. The molecule has 5 heteroatoms. The van der Waals surface area contributed by atoms with Gasteiger partial charge in [0.25, 0.3) is 0 Å². The van der Waals surface area contributed by atoms with Crippen LogP contribution in [-0.2, 0) is 11.3 Å². The maximum Gasteiger partial charge on any atom is 0.328 e. The van der Waals surface area contributed by atoms with E-state index in [2.05, 4.69) is 30.8 Å². The predicted octanol–water partition coefficient (Wildman–Crippen LogP) is 2.62. The lowest BCUT2D eigenvalue weighted by atomic mass is 10.2. The number of nitrogens with zero attached hydrogens (tertiary/aromatic N) is 2. The second-order valence-corrected chi connectivity index (χ2v) is 6.05. The van der Waals surface area contributed by atoms with Gasteiger partial charge in [-0.15, -0.1) is 11.3 Å². The summed E-state index contributed by atoms with van der Waals surface area (Å²) in [5, 5.41) is 10.7. The summed E-state index contributed by atoms with van der Waals surface area (Å²) < 4.78 is 0. The van der Waals surface area contributed by atoms with Crippen LogP contribution in [0.25, 0.3) is 6.08 Å². The molecule has 20 heavy (non-hydrogen) atoms. The van der Waals surface area contributed by atoms with Gasteiger partial charge in [0, 0.05) is 30.6 Å². The van der Waals surface area contributed by atoms with Crippen LogP contribution in [-0.4, -0.2) is 54.6 Å². The fourth-order valence-corrected chi connectivity index (χ4v) is 2.83. The Hall–Kier alpha value is -1.17. The molecule has 0 bridgehead atoms. The number of likely N-dealkylation sites (N-methyl/N-ethyl adjacent to an activating group) is 1. The molecular formula is C15H24N2O2S. The van der Waals surface area contributed by atoms with Gasteiger partial charge >= 0.3 is 5.97 Å². The lowest BCUT2D eigenvalue weighted by Crippen LogP contribution is -2.31. The van der Waals surface area contributed by atoms with Gasteiger partial charge in [-0.05, 0) is 50.1 Å². The molecule has 1 rings (SSSR count). The molecule has 0 aromatic carbocycles. The number of hydrogen-bond acceptors (Lipinski definition) is 4. The Balaban J connectivity index is 2.68. The molecule has 1 aromatic heterocycles. The fourth-order valence-electron chi connectivity index (χ4n) is 1.92. The van der Waals surface area contributed by atoms with Gasteiger partial charge in [0.1, 0.15) is 0 Å². The summed E-state index contributed by atoms with van der Waals surface area (Å²) in [5.74, 6) is -0.903. The molecule has 4 nitrogen and oxygen atoms in total. The molecule has 0 atom stereocenters. The highest BCUT2D eigenvalue weighted by atomic mass is 32.1. The van der Waals surface area contributed by atoms with Crippen LogP contribution in [0.1, 0.15) is 23.8 Å². The predicted molar refractivity (Wildman–Crippen MR) is 85.1 cm³/mol. The highest BCUT2D eigenvalue weighted by molar-refractivity contribution is 7.10. The Kier molecular flexibility index (Phi) is 7.51. The van der Waals surface area contributed by atoms with Crippen molar-refractivity contribution in [1.29, 1.82) is 0 Å². The Morgan fingerprint density at radius 2 is 2.10 bits per heavy atom. The van der Waals surface area contributed by atoms with Crippen molar-refractivity contribution in [2.75, 3.05) is 33.7 Å². The average Bonchev–Trinajstić information content (AvgIpc) is 2.81. The summed E-state index contributed by atoms with van der Waals surface area (Å²) in [7, 11) is 4.16. The van der Waals surface area contributed by atoms with Crippen LogP contribution in [0.5, 0.6) is 0 Å². The third-order valence-electron chi connectivity index (χ3n) is 2.96. The van der Waals surface area contributed by atoms with Crippen LogP contribution >= 0.6 is 11.3 Å². The van der Waals surface area contributed by atoms with E-state index >= 15 is 0 Å². The number of rotatable bonds is 9. The quantitative estimate of drug-likeness (QED) is 0.711. The van der Waals surface area contributed by atoms with Crippen LogP contribution in [0.4, 0.5) is 0 Å². The van der Waals surface area contributed by atoms with Crippen LogP contribution < -0.4 is 0 Å². The van der Waals surface area contributed by atoms with Crippen molar-refractivity contribution in [3.05, 3.63) is 28.0 Å². The van der Waals surface area contributed by atoms with E-state index in [0.717, 1.165) is 38.2 Å². The lowest BCUT2D eigenvalue weighted by molar-refractivity contribution is -0.131. The number of thiophene rings is 1. The molecule has 0 amide bonds. The highest BCUT2D eigenvalue weighted by Crippen LogP contribution is 2.20. The summed E-state index contributed by atoms with van der Waals surface area (Å²) in [4.78, 5) is 16.4. The number of carboxylic acid groups (broad SMARTS) is 1. The SMILES string of the molecule is CCCN(CCN(C)C)Cc1sccc1C=CC(=O)O. The van der Waals surface area contributed by atoms with Gasteiger partial charge in [-0.2, -0.15) is 0 Å². The molecule has 0 saturated heterocycles. The molecule has 0 aliphatic rings. The fraction of sp³-hybridized carbons (Fsp3) is 0.533. The molecular weight excluding hydrogens is 272 g/mol. The highest BCUT2D eigenvalue weighted by Gasteiger charge is 2.09. The van der Waals surface area contributed by atoms with E-state index in [9.17, 15) is 4.79 Å². The number of aliphatic carboxylic acids is 1. The molecule has 1 heterocycles. The molecule has 0 spiro atoms. The normalized spacial score (nSPS) is 11.8. The van der Waals surface area contributed by atoms with E-state index in [1.165, 1.54) is 11.0 Å². The Morgan fingerprint density at radius 1 is 1.35 bits per heavy atom. The topological polar surface area (TPSA) is 43.8 Å². The van der Waals surface area contributed by atoms with Gasteiger partial charge in [0.15, 0.2) is 0 Å². The zero-order valence-electron chi connectivity index (χ0n) is 12.5. The first-order valence-corrected chi connectivity index (χ1v) is 7.75. The maximum atomic E-state index is 10.6. The van der Waals surface area contributed by atoms with Gasteiger partial charge < -0.3 is 10.0 Å². The molecule has 1 aromatic rings. The first-order chi connectivity index (χ1) is 9.52. The summed E-state index contributed by atoms with van der Waals surface area (Å²) in [6, 6.07) is 1.98. The van der Waals surface area contributed by atoms with Crippen molar-refractivity contribution in [3.8, 4) is 0 Å². The number of hydrogen-bond donors (Lipinski definition) is 1. The van der Waals surface area contributed by atoms with Gasteiger partial charge in [0.2, 0.25) is 0 Å². The van der Waals surface area contributed by atoms with Crippen molar-refractivity contribution in [3.63, 3.8) is 0 Å². The molecule has 0 unspecified atom stereocenters. The van der Waals surface area contributed by atoms with Crippen LogP contribution in [0.3, 0.4) is 0 Å². The van der Waals surface area contributed by atoms with Gasteiger partial charge in [-0.3, -0.25) is 4.90 Å². The van der Waals surface area contributed by atoms with Crippen molar-refractivity contribution >= 4 is 23.4 Å². The summed E-state index contributed by atoms with van der Waals surface area (Å²) in [5.41, 5.74) is 1.02. The van der Waals surface area contributed by atoms with Crippen molar-refractivity contribution in [1.82, 2.24) is 9.80 Å². The maximum absolute atomic E-state index is 10.6. The summed E-state index contributed by atoms with van der Waals surface area (Å²) >= 11 is 1.69. The van der Waals surface area contributed by atoms with Crippen molar-refractivity contribution < 1.29 is 9.90 Å². The minimum atomic E-state index is -0.903. The molecule has 0 fully saturated rings. The lowest BCUT2D eigenvalue weighted by Gasteiger charge is -2.23. The molecule has 0 aliphatic heterocycles. The van der Waals surface area contributed by atoms with E-state index in [0.29, 0.717) is 0 Å². The number of carbonyl (C=O) groups is 1. The van der Waals surface area contributed by atoms with E-state index in [1.54, 1.807) is 17.4 Å². The average molecular weight is 296 g/mol. The molecule has 0 saturated carbocycles. The third-order valence-corrected chi connectivity index (χ3v) is 3.88. The second-order valence-electron chi connectivity index (χ2n) is 5.05. The molecule has 112 valence electrons. The van der Waals surface area contributed by atoms with Crippen LogP contribution in [0.2, 0.25) is 0 Å². The summed E-state index contributed by atoms with van der Waals surface area (Å²) in [6.45, 7) is 6.20. The minimum absolute atomic E-state index is 0.888. The van der Waals surface area contributed by atoms with Crippen LogP contribution in [0, 0.1) is 0 Å². The Morgan fingerprint density at radius 3 is 2.70 bits per heavy atom. The largest absolute Gasteiger partial charge is 0.478 e. The van der Waals surface area contributed by atoms with Crippen LogP contribution in [0.15, 0.2) is 17.5 Å². The third kappa shape index (κ3) is 6.32. The minimum Gasteiger partial charge on any atom is -0.478 e. The first-order valence-electron chi connectivity index (χ1n) is 6.87. The molecule has 0 radical (unpaired) electrons. The zero-order valence-corrected chi connectivity index (χ0v) is 13.3. The molecule has 1 N–H and O–H groups in total. The van der Waals surface area contributed by atoms with Gasteiger partial charge in [-0.25, -0.2) is 4.79 Å². The monoisotopic (exact) mass is 296 g/mol. The van der Waals surface area contributed by atoms with Gasteiger partial charge in [0.05, 0.1) is 0 Å². The zero-order chi connectivity index (χ0) is 15.0. The van der Waals surface area contributed by atoms with E-state index < -0.39 is 5.97 Å². The van der Waals surface area contributed by atoms with Crippen molar-refractivity contribution in [2.45, 2.75) is 19.9 Å². The Labute approximate surface area is 125 Å².